The molecule has 2 heterocycles. The van der Waals surface area contributed by atoms with Gasteiger partial charge >= 0.3 is 0 Å². The summed E-state index contributed by atoms with van der Waals surface area (Å²) in [7, 11) is 0. The molecule has 0 aliphatic carbocycles. The van der Waals surface area contributed by atoms with E-state index >= 15 is 0 Å². The van der Waals surface area contributed by atoms with Crippen LogP contribution < -0.4 is 5.32 Å². The average molecular weight is 222 g/mol. The van der Waals surface area contributed by atoms with Crippen LogP contribution >= 0.6 is 11.8 Å². The van der Waals surface area contributed by atoms with Crippen molar-refractivity contribution in [1.29, 1.82) is 0 Å². The first kappa shape index (κ1) is 11.0. The third-order valence-electron chi connectivity index (χ3n) is 2.82. The van der Waals surface area contributed by atoms with Crippen molar-refractivity contribution in [2.75, 3.05) is 18.1 Å². The van der Waals surface area contributed by atoms with Crippen LogP contribution in [0.2, 0.25) is 0 Å². The molecule has 0 atom stereocenters. The average Bonchev–Trinajstić information content (AvgIpc) is 2.32. The van der Waals surface area contributed by atoms with Crippen LogP contribution in [0.4, 0.5) is 0 Å². The van der Waals surface area contributed by atoms with Crippen molar-refractivity contribution in [3.63, 3.8) is 0 Å². The highest BCUT2D eigenvalue weighted by molar-refractivity contribution is 7.99. The van der Waals surface area contributed by atoms with Gasteiger partial charge < -0.3 is 5.32 Å². The zero-order valence-corrected chi connectivity index (χ0v) is 9.80. The first-order chi connectivity index (χ1) is 7.45. The van der Waals surface area contributed by atoms with E-state index in [0.717, 1.165) is 19.0 Å². The Morgan fingerprint density at radius 1 is 1.27 bits per heavy atom. The first-order valence-electron chi connectivity index (χ1n) is 5.65. The van der Waals surface area contributed by atoms with Gasteiger partial charge in [-0.25, -0.2) is 0 Å². The summed E-state index contributed by atoms with van der Waals surface area (Å²) in [5, 5.41) is 3.64. The largest absolute Gasteiger partial charge is 0.314 e. The quantitative estimate of drug-likeness (QED) is 0.844. The van der Waals surface area contributed by atoms with E-state index in [4.69, 9.17) is 0 Å². The van der Waals surface area contributed by atoms with Crippen molar-refractivity contribution < 1.29 is 0 Å². The van der Waals surface area contributed by atoms with Gasteiger partial charge in [0, 0.05) is 18.4 Å². The van der Waals surface area contributed by atoms with E-state index in [-0.39, 0.29) is 0 Å². The van der Waals surface area contributed by atoms with Crippen LogP contribution in [0.1, 0.15) is 18.4 Å². The van der Waals surface area contributed by atoms with Crippen molar-refractivity contribution in [2.24, 2.45) is 0 Å². The fourth-order valence-electron chi connectivity index (χ4n) is 1.87. The van der Waals surface area contributed by atoms with Gasteiger partial charge in [0.05, 0.1) is 0 Å². The number of hydrogen-bond acceptors (Lipinski definition) is 3. The topological polar surface area (TPSA) is 24.9 Å². The van der Waals surface area contributed by atoms with Gasteiger partial charge in [-0.3, -0.25) is 4.98 Å². The third-order valence-corrected chi connectivity index (χ3v) is 3.87. The minimum absolute atomic E-state index is 0.757. The lowest BCUT2D eigenvalue weighted by atomic mass is 10.1. The molecule has 1 aliphatic heterocycles. The summed E-state index contributed by atoms with van der Waals surface area (Å²) in [6.45, 7) is 1.10. The standard InChI is InChI=1S/C12H18N2S/c1-6-13-7-2-11(1)3-8-14-12-4-9-15-10-5-12/h1-2,6-7,12,14H,3-5,8-10H2. The predicted octanol–water partition coefficient (Wildman–Crippen LogP) is 2.11. The Balaban J connectivity index is 1.66. The minimum atomic E-state index is 0.757. The number of nitrogens with zero attached hydrogens (tertiary/aromatic N) is 1. The third kappa shape index (κ3) is 3.84. The zero-order valence-electron chi connectivity index (χ0n) is 8.98. The van der Waals surface area contributed by atoms with Crippen LogP contribution in [0.5, 0.6) is 0 Å². The SMILES string of the molecule is c1cc(CCNC2CCSCC2)ccn1. The molecule has 0 spiro atoms. The van der Waals surface area contributed by atoms with Gasteiger partial charge in [-0.2, -0.15) is 11.8 Å². The van der Waals surface area contributed by atoms with Crippen molar-refractivity contribution >= 4 is 11.8 Å². The van der Waals surface area contributed by atoms with Crippen LogP contribution in [0.25, 0.3) is 0 Å². The Morgan fingerprint density at radius 2 is 2.00 bits per heavy atom. The van der Waals surface area contributed by atoms with Crippen LogP contribution in [0, 0.1) is 0 Å². The summed E-state index contributed by atoms with van der Waals surface area (Å²) in [6, 6.07) is 4.95. The molecule has 0 unspecified atom stereocenters. The molecule has 2 nitrogen and oxygen atoms in total. The highest BCUT2D eigenvalue weighted by atomic mass is 32.2. The van der Waals surface area contributed by atoms with Gasteiger partial charge in [0.25, 0.3) is 0 Å². The maximum absolute atomic E-state index is 4.02. The second-order valence-electron chi connectivity index (χ2n) is 3.95. The molecule has 0 amide bonds. The molecule has 0 bridgehead atoms. The molecule has 1 saturated heterocycles. The molecule has 1 fully saturated rings. The number of rotatable bonds is 4. The fraction of sp³-hybridized carbons (Fsp3) is 0.583. The number of pyridine rings is 1. The molecule has 3 heteroatoms. The smallest absolute Gasteiger partial charge is 0.0270 e. The molecule has 2 rings (SSSR count). The Kier molecular flexibility index (Phi) is 4.48. The van der Waals surface area contributed by atoms with E-state index in [9.17, 15) is 0 Å². The summed E-state index contributed by atoms with van der Waals surface area (Å²) >= 11 is 2.08. The number of nitrogens with one attached hydrogen (secondary N) is 1. The van der Waals surface area contributed by atoms with Crippen LogP contribution in [-0.2, 0) is 6.42 Å². The van der Waals surface area contributed by atoms with Crippen molar-refractivity contribution in [1.82, 2.24) is 10.3 Å². The van der Waals surface area contributed by atoms with Crippen LogP contribution in [0.3, 0.4) is 0 Å². The van der Waals surface area contributed by atoms with Crippen molar-refractivity contribution in [3.8, 4) is 0 Å². The lowest BCUT2D eigenvalue weighted by Crippen LogP contribution is -2.33. The molecule has 15 heavy (non-hydrogen) atoms. The summed E-state index contributed by atoms with van der Waals surface area (Å²) in [5.74, 6) is 2.65. The van der Waals surface area contributed by atoms with Crippen LogP contribution in [0.15, 0.2) is 24.5 Å². The normalized spacial score (nSPS) is 17.9. The maximum atomic E-state index is 4.02. The van der Waals surface area contributed by atoms with Gasteiger partial charge in [-0.1, -0.05) is 0 Å². The van der Waals surface area contributed by atoms with E-state index in [1.165, 1.54) is 29.9 Å². The zero-order chi connectivity index (χ0) is 10.3. The van der Waals surface area contributed by atoms with E-state index in [2.05, 4.69) is 34.2 Å². The first-order valence-corrected chi connectivity index (χ1v) is 6.80. The number of aromatic nitrogens is 1. The van der Waals surface area contributed by atoms with Crippen LogP contribution in [-0.4, -0.2) is 29.1 Å². The maximum Gasteiger partial charge on any atom is 0.0270 e. The minimum Gasteiger partial charge on any atom is -0.314 e. The van der Waals surface area contributed by atoms with Crippen molar-refractivity contribution in [3.05, 3.63) is 30.1 Å². The Bertz CT molecular complexity index is 270. The molecule has 1 aromatic heterocycles. The monoisotopic (exact) mass is 222 g/mol. The predicted molar refractivity (Wildman–Crippen MR) is 66.3 cm³/mol. The molecular weight excluding hydrogens is 204 g/mol. The lowest BCUT2D eigenvalue weighted by Gasteiger charge is -2.22. The van der Waals surface area contributed by atoms with E-state index < -0.39 is 0 Å². The molecule has 82 valence electrons. The molecule has 1 aliphatic rings. The second kappa shape index (κ2) is 6.13. The highest BCUT2D eigenvalue weighted by Crippen LogP contribution is 2.16. The summed E-state index contributed by atoms with van der Waals surface area (Å²) in [6.07, 6.45) is 7.52. The fourth-order valence-corrected chi connectivity index (χ4v) is 2.98. The Morgan fingerprint density at radius 3 is 2.73 bits per heavy atom. The Hall–Kier alpha value is -0.540. The van der Waals surface area contributed by atoms with E-state index in [1.807, 2.05) is 12.4 Å². The highest BCUT2D eigenvalue weighted by Gasteiger charge is 2.11. The second-order valence-corrected chi connectivity index (χ2v) is 5.17. The molecule has 0 radical (unpaired) electrons. The molecular formula is C12H18N2S. The molecule has 1 N–H and O–H groups in total. The van der Waals surface area contributed by atoms with Gasteiger partial charge in [0.15, 0.2) is 0 Å². The summed E-state index contributed by atoms with van der Waals surface area (Å²) in [5.41, 5.74) is 1.38. The van der Waals surface area contributed by atoms with Crippen molar-refractivity contribution in [2.45, 2.75) is 25.3 Å². The summed E-state index contributed by atoms with van der Waals surface area (Å²) < 4.78 is 0. The summed E-state index contributed by atoms with van der Waals surface area (Å²) in [4.78, 5) is 4.02. The van der Waals surface area contributed by atoms with Gasteiger partial charge in [0.2, 0.25) is 0 Å². The van der Waals surface area contributed by atoms with E-state index in [1.54, 1.807) is 0 Å². The van der Waals surface area contributed by atoms with Gasteiger partial charge in [-0.05, 0) is 55.0 Å². The molecule has 1 aromatic rings. The van der Waals surface area contributed by atoms with E-state index in [0.29, 0.717) is 0 Å². The van der Waals surface area contributed by atoms with Gasteiger partial charge in [0.1, 0.15) is 0 Å². The van der Waals surface area contributed by atoms with Gasteiger partial charge in [-0.15, -0.1) is 0 Å². The molecule has 0 saturated carbocycles. The lowest BCUT2D eigenvalue weighted by molar-refractivity contribution is 0.486. The number of thioether (sulfide) groups is 1. The number of hydrogen-bond donors (Lipinski definition) is 1. The molecule has 0 aromatic carbocycles. The Labute approximate surface area is 95.9 Å².